The summed E-state index contributed by atoms with van der Waals surface area (Å²) in [5.74, 6) is 0.714. The Kier molecular flexibility index (Phi) is 4.14. The van der Waals surface area contributed by atoms with Crippen molar-refractivity contribution < 1.29 is 0 Å². The van der Waals surface area contributed by atoms with Gasteiger partial charge in [-0.05, 0) is 34.1 Å². The molecule has 8 heteroatoms. The highest BCUT2D eigenvalue weighted by Gasteiger charge is 2.06. The number of rotatable bonds is 4. The van der Waals surface area contributed by atoms with Crippen molar-refractivity contribution in [3.63, 3.8) is 0 Å². The molecule has 0 aliphatic carbocycles. The van der Waals surface area contributed by atoms with Crippen molar-refractivity contribution in [1.82, 2.24) is 15.2 Å². The first-order valence-corrected chi connectivity index (χ1v) is 8.02. The molecule has 3 aromatic rings. The van der Waals surface area contributed by atoms with E-state index in [-0.39, 0.29) is 5.56 Å². The third-order valence-electron chi connectivity index (χ3n) is 2.77. The molecule has 0 amide bonds. The summed E-state index contributed by atoms with van der Waals surface area (Å²) in [7, 11) is 0. The molecule has 3 rings (SSSR count). The van der Waals surface area contributed by atoms with Gasteiger partial charge in [-0.1, -0.05) is 11.6 Å². The minimum Gasteiger partial charge on any atom is -0.364 e. The largest absolute Gasteiger partial charge is 0.364 e. The number of pyridine rings is 1. The monoisotopic (exact) mass is 384 g/mol. The lowest BCUT2D eigenvalue weighted by Gasteiger charge is -1.99. The van der Waals surface area contributed by atoms with E-state index < -0.39 is 0 Å². The summed E-state index contributed by atoms with van der Waals surface area (Å²) in [6.07, 6.45) is 0. The standard InChI is InChI=1S/C13H10BrClN4OS/c14-10-3-7(4-13(20)17-10)9-5-12(19-18-9)16-6-8-1-2-11(15)21-8/h1-5H,6H2,(H,17,20)(H2,16,18,19). The number of nitrogens with zero attached hydrogens (tertiary/aromatic N) is 1. The molecule has 0 saturated carbocycles. The molecule has 3 aromatic heterocycles. The molecule has 0 spiro atoms. The predicted octanol–water partition coefficient (Wildman–Crippen LogP) is 3.85. The number of anilines is 1. The number of nitrogens with one attached hydrogen (secondary N) is 3. The van der Waals surface area contributed by atoms with Gasteiger partial charge < -0.3 is 10.3 Å². The third kappa shape index (κ3) is 3.55. The Morgan fingerprint density at radius 3 is 2.90 bits per heavy atom. The van der Waals surface area contributed by atoms with E-state index >= 15 is 0 Å². The van der Waals surface area contributed by atoms with Crippen molar-refractivity contribution in [2.75, 3.05) is 5.32 Å². The van der Waals surface area contributed by atoms with E-state index in [9.17, 15) is 4.79 Å². The molecule has 0 aliphatic heterocycles. The molecule has 0 aromatic carbocycles. The Bertz CT molecular complexity index is 825. The van der Waals surface area contributed by atoms with E-state index in [4.69, 9.17) is 11.6 Å². The summed E-state index contributed by atoms with van der Waals surface area (Å²) in [6, 6.07) is 9.03. The van der Waals surface area contributed by atoms with Gasteiger partial charge in [-0.25, -0.2) is 0 Å². The van der Waals surface area contributed by atoms with Crippen LogP contribution in [-0.4, -0.2) is 15.2 Å². The van der Waals surface area contributed by atoms with Gasteiger partial charge in [0.25, 0.3) is 0 Å². The number of hydrogen-bond acceptors (Lipinski definition) is 4. The van der Waals surface area contributed by atoms with Crippen LogP contribution in [0.2, 0.25) is 4.34 Å². The maximum absolute atomic E-state index is 11.5. The molecule has 108 valence electrons. The highest BCUT2D eigenvalue weighted by molar-refractivity contribution is 9.10. The molecule has 3 N–H and O–H groups in total. The van der Waals surface area contributed by atoms with Crippen LogP contribution < -0.4 is 10.9 Å². The first-order valence-electron chi connectivity index (χ1n) is 6.04. The van der Waals surface area contributed by atoms with E-state index in [1.807, 2.05) is 24.3 Å². The maximum Gasteiger partial charge on any atom is 0.249 e. The molecule has 0 bridgehead atoms. The van der Waals surface area contributed by atoms with Gasteiger partial charge in [0, 0.05) is 22.6 Å². The fourth-order valence-electron chi connectivity index (χ4n) is 1.85. The fraction of sp³-hybridized carbons (Fsp3) is 0.0769. The van der Waals surface area contributed by atoms with E-state index in [1.54, 1.807) is 0 Å². The Hall–Kier alpha value is -1.57. The maximum atomic E-state index is 11.5. The average molecular weight is 386 g/mol. The second-order valence-electron chi connectivity index (χ2n) is 4.31. The SMILES string of the molecule is O=c1cc(-c2cc(NCc3ccc(Cl)s3)n[nH]2)cc(Br)[nH]1. The van der Waals surface area contributed by atoms with Gasteiger partial charge in [0.15, 0.2) is 0 Å². The number of H-pyrrole nitrogens is 2. The minimum absolute atomic E-state index is 0.170. The Morgan fingerprint density at radius 1 is 1.33 bits per heavy atom. The zero-order valence-electron chi connectivity index (χ0n) is 10.6. The summed E-state index contributed by atoms with van der Waals surface area (Å²) in [5.41, 5.74) is 1.37. The van der Waals surface area contributed by atoms with Crippen molar-refractivity contribution in [1.29, 1.82) is 0 Å². The molecule has 21 heavy (non-hydrogen) atoms. The Morgan fingerprint density at radius 2 is 2.19 bits per heavy atom. The molecule has 0 radical (unpaired) electrons. The predicted molar refractivity (Wildman–Crippen MR) is 89.0 cm³/mol. The molecule has 3 heterocycles. The number of halogens is 2. The quantitative estimate of drug-likeness (QED) is 0.597. The van der Waals surface area contributed by atoms with Gasteiger partial charge in [0.05, 0.1) is 21.2 Å². The van der Waals surface area contributed by atoms with E-state index in [1.165, 1.54) is 17.4 Å². The summed E-state index contributed by atoms with van der Waals surface area (Å²) >= 11 is 10.7. The number of aromatic amines is 2. The molecule has 0 unspecified atom stereocenters. The molecule has 0 aliphatic rings. The minimum atomic E-state index is -0.170. The van der Waals surface area contributed by atoms with Crippen LogP contribution in [0.4, 0.5) is 5.82 Å². The number of thiophene rings is 1. The lowest BCUT2D eigenvalue weighted by Crippen LogP contribution is -2.03. The highest BCUT2D eigenvalue weighted by atomic mass is 79.9. The van der Waals surface area contributed by atoms with Gasteiger partial charge in [0.1, 0.15) is 5.82 Å². The summed E-state index contributed by atoms with van der Waals surface area (Å²) in [6.45, 7) is 0.654. The first kappa shape index (κ1) is 14.4. The van der Waals surface area contributed by atoms with Crippen molar-refractivity contribution >= 4 is 44.7 Å². The summed E-state index contributed by atoms with van der Waals surface area (Å²) < 4.78 is 1.39. The lowest BCUT2D eigenvalue weighted by atomic mass is 10.2. The van der Waals surface area contributed by atoms with Crippen molar-refractivity contribution in [3.05, 3.63) is 54.5 Å². The summed E-state index contributed by atoms with van der Waals surface area (Å²) in [5, 5.41) is 10.3. The molecule has 0 fully saturated rings. The molecular weight excluding hydrogens is 376 g/mol. The molecular formula is C13H10BrClN4OS. The zero-order valence-corrected chi connectivity index (χ0v) is 13.8. The second-order valence-corrected chi connectivity index (χ2v) is 6.96. The van der Waals surface area contributed by atoms with Crippen LogP contribution >= 0.6 is 38.9 Å². The van der Waals surface area contributed by atoms with Crippen LogP contribution in [-0.2, 0) is 6.54 Å². The normalized spacial score (nSPS) is 10.8. The van der Waals surface area contributed by atoms with Gasteiger partial charge in [-0.15, -0.1) is 11.3 Å². The van der Waals surface area contributed by atoms with Crippen LogP contribution in [0, 0.1) is 0 Å². The van der Waals surface area contributed by atoms with Crippen LogP contribution in [0.15, 0.2) is 39.7 Å². The summed E-state index contributed by atoms with van der Waals surface area (Å²) in [4.78, 5) is 15.2. The fourth-order valence-corrected chi connectivity index (χ4v) is 3.32. The Balaban J connectivity index is 1.75. The molecule has 5 nitrogen and oxygen atoms in total. The smallest absolute Gasteiger partial charge is 0.249 e. The highest BCUT2D eigenvalue weighted by Crippen LogP contribution is 2.23. The van der Waals surface area contributed by atoms with Crippen LogP contribution in [0.3, 0.4) is 0 Å². The van der Waals surface area contributed by atoms with Gasteiger partial charge in [0.2, 0.25) is 5.56 Å². The Labute approximate surface area is 137 Å². The van der Waals surface area contributed by atoms with E-state index in [0.29, 0.717) is 17.0 Å². The van der Waals surface area contributed by atoms with E-state index in [2.05, 4.69) is 36.4 Å². The van der Waals surface area contributed by atoms with Crippen molar-refractivity contribution in [2.45, 2.75) is 6.54 Å². The zero-order chi connectivity index (χ0) is 14.8. The van der Waals surface area contributed by atoms with Crippen LogP contribution in [0.5, 0.6) is 0 Å². The third-order valence-corrected chi connectivity index (χ3v) is 4.43. The average Bonchev–Trinajstić information content (AvgIpc) is 3.04. The van der Waals surface area contributed by atoms with Crippen LogP contribution in [0.1, 0.15) is 4.88 Å². The molecule has 0 saturated heterocycles. The van der Waals surface area contributed by atoms with Gasteiger partial charge >= 0.3 is 0 Å². The number of hydrogen-bond donors (Lipinski definition) is 3. The lowest BCUT2D eigenvalue weighted by molar-refractivity contribution is 1.06. The first-order chi connectivity index (χ1) is 10.1. The van der Waals surface area contributed by atoms with Gasteiger partial charge in [-0.2, -0.15) is 5.10 Å². The second kappa shape index (κ2) is 6.05. The van der Waals surface area contributed by atoms with E-state index in [0.717, 1.165) is 20.5 Å². The number of aromatic nitrogens is 3. The topological polar surface area (TPSA) is 73.6 Å². The van der Waals surface area contributed by atoms with Crippen molar-refractivity contribution in [3.8, 4) is 11.3 Å². The molecule has 0 atom stereocenters. The van der Waals surface area contributed by atoms with Gasteiger partial charge in [-0.3, -0.25) is 9.89 Å². The van der Waals surface area contributed by atoms with Crippen molar-refractivity contribution in [2.24, 2.45) is 0 Å². The van der Waals surface area contributed by atoms with Crippen LogP contribution in [0.25, 0.3) is 11.3 Å².